The van der Waals surface area contributed by atoms with E-state index in [1.165, 1.54) is 38.5 Å². The second-order valence-corrected chi connectivity index (χ2v) is 6.16. The van der Waals surface area contributed by atoms with Gasteiger partial charge in [-0.05, 0) is 41.9 Å². The van der Waals surface area contributed by atoms with Gasteiger partial charge >= 0.3 is 0 Å². The Balaban J connectivity index is 2.96. The molecule has 0 heteroatoms. The molecule has 0 nitrogen and oxygen atoms in total. The third-order valence-electron chi connectivity index (χ3n) is 6.12. The maximum atomic E-state index is 2.55. The molecule has 15 heavy (non-hydrogen) atoms. The van der Waals surface area contributed by atoms with E-state index in [1.807, 2.05) is 0 Å². The SMILES string of the molecule is CCC[C@]1(CC)C[C@@](C)(CC)[C@@]1(C)CC. The Labute approximate surface area is 96.8 Å². The average molecular weight is 210 g/mol. The third kappa shape index (κ3) is 1.47. The van der Waals surface area contributed by atoms with E-state index in [0.29, 0.717) is 16.2 Å². The highest BCUT2D eigenvalue weighted by Crippen LogP contribution is 2.73. The van der Waals surface area contributed by atoms with Crippen molar-refractivity contribution in [3.05, 3.63) is 0 Å². The molecule has 3 atom stereocenters. The van der Waals surface area contributed by atoms with E-state index in [4.69, 9.17) is 0 Å². The van der Waals surface area contributed by atoms with E-state index in [-0.39, 0.29) is 0 Å². The van der Waals surface area contributed by atoms with Crippen molar-refractivity contribution in [2.75, 3.05) is 0 Å². The molecule has 1 rings (SSSR count). The van der Waals surface area contributed by atoms with Crippen LogP contribution in [0.3, 0.4) is 0 Å². The Bertz CT molecular complexity index is 220. The van der Waals surface area contributed by atoms with Crippen LogP contribution in [-0.2, 0) is 0 Å². The molecule has 0 amide bonds. The smallest absolute Gasteiger partial charge is 0.0218 e. The lowest BCUT2D eigenvalue weighted by molar-refractivity contribution is -0.211. The van der Waals surface area contributed by atoms with Gasteiger partial charge in [0.1, 0.15) is 0 Å². The Kier molecular flexibility index (Phi) is 3.58. The number of hydrogen-bond acceptors (Lipinski definition) is 0. The van der Waals surface area contributed by atoms with Crippen LogP contribution in [0.15, 0.2) is 0 Å². The van der Waals surface area contributed by atoms with Crippen LogP contribution in [0.1, 0.15) is 80.1 Å². The van der Waals surface area contributed by atoms with Crippen LogP contribution in [0.5, 0.6) is 0 Å². The summed E-state index contributed by atoms with van der Waals surface area (Å²) >= 11 is 0. The summed E-state index contributed by atoms with van der Waals surface area (Å²) in [6.45, 7) is 14.6. The zero-order chi connectivity index (χ0) is 11.7. The minimum Gasteiger partial charge on any atom is -0.0654 e. The van der Waals surface area contributed by atoms with Crippen molar-refractivity contribution in [2.45, 2.75) is 80.1 Å². The van der Waals surface area contributed by atoms with E-state index in [2.05, 4.69) is 41.5 Å². The summed E-state index contributed by atoms with van der Waals surface area (Å²) in [6, 6.07) is 0. The van der Waals surface area contributed by atoms with Gasteiger partial charge in [0.05, 0.1) is 0 Å². The third-order valence-corrected chi connectivity index (χ3v) is 6.12. The van der Waals surface area contributed by atoms with Crippen LogP contribution in [0.4, 0.5) is 0 Å². The summed E-state index contributed by atoms with van der Waals surface area (Å²) in [4.78, 5) is 0. The zero-order valence-electron chi connectivity index (χ0n) is 11.7. The predicted octanol–water partition coefficient (Wildman–Crippen LogP) is 5.42. The summed E-state index contributed by atoms with van der Waals surface area (Å²) in [5, 5.41) is 0. The lowest BCUT2D eigenvalue weighted by Gasteiger charge is -2.70. The molecule has 0 unspecified atom stereocenters. The van der Waals surface area contributed by atoms with E-state index >= 15 is 0 Å². The van der Waals surface area contributed by atoms with Crippen molar-refractivity contribution in [1.82, 2.24) is 0 Å². The Morgan fingerprint density at radius 3 is 1.80 bits per heavy atom. The van der Waals surface area contributed by atoms with E-state index in [1.54, 1.807) is 0 Å². The van der Waals surface area contributed by atoms with Crippen molar-refractivity contribution in [3.8, 4) is 0 Å². The second kappa shape index (κ2) is 4.11. The first kappa shape index (κ1) is 13.1. The fourth-order valence-corrected chi connectivity index (χ4v) is 4.52. The normalized spacial score (nSPS) is 45.2. The topological polar surface area (TPSA) is 0 Å². The first-order valence-corrected chi connectivity index (χ1v) is 6.95. The fraction of sp³-hybridized carbons (Fsp3) is 1.00. The molecule has 0 spiro atoms. The van der Waals surface area contributed by atoms with Gasteiger partial charge in [0.2, 0.25) is 0 Å². The lowest BCUT2D eigenvalue weighted by Crippen LogP contribution is -2.62. The van der Waals surface area contributed by atoms with Gasteiger partial charge in [-0.25, -0.2) is 0 Å². The molecule has 1 fully saturated rings. The van der Waals surface area contributed by atoms with Crippen molar-refractivity contribution in [1.29, 1.82) is 0 Å². The highest BCUT2D eigenvalue weighted by molar-refractivity contribution is 5.14. The molecular formula is C15H30. The van der Waals surface area contributed by atoms with Gasteiger partial charge in [-0.3, -0.25) is 0 Å². The van der Waals surface area contributed by atoms with Crippen molar-refractivity contribution in [3.63, 3.8) is 0 Å². The zero-order valence-corrected chi connectivity index (χ0v) is 11.7. The highest BCUT2D eigenvalue weighted by Gasteiger charge is 2.64. The van der Waals surface area contributed by atoms with Gasteiger partial charge in [0.25, 0.3) is 0 Å². The van der Waals surface area contributed by atoms with Crippen molar-refractivity contribution in [2.24, 2.45) is 16.2 Å². The molecule has 0 aromatic heterocycles. The molecule has 1 saturated carbocycles. The lowest BCUT2D eigenvalue weighted by atomic mass is 9.34. The Morgan fingerprint density at radius 1 is 0.867 bits per heavy atom. The van der Waals surface area contributed by atoms with E-state index in [9.17, 15) is 0 Å². The number of hydrogen-bond donors (Lipinski definition) is 0. The van der Waals surface area contributed by atoms with Gasteiger partial charge in [0, 0.05) is 0 Å². The molecule has 1 aliphatic rings. The molecule has 0 N–H and O–H groups in total. The van der Waals surface area contributed by atoms with E-state index in [0.717, 1.165) is 0 Å². The van der Waals surface area contributed by atoms with Crippen LogP contribution in [0.25, 0.3) is 0 Å². The fourth-order valence-electron chi connectivity index (χ4n) is 4.52. The van der Waals surface area contributed by atoms with Crippen molar-refractivity contribution < 1.29 is 0 Å². The molecule has 0 saturated heterocycles. The van der Waals surface area contributed by atoms with Crippen LogP contribution >= 0.6 is 0 Å². The van der Waals surface area contributed by atoms with Gasteiger partial charge < -0.3 is 0 Å². The van der Waals surface area contributed by atoms with Gasteiger partial charge in [0.15, 0.2) is 0 Å². The van der Waals surface area contributed by atoms with E-state index < -0.39 is 0 Å². The van der Waals surface area contributed by atoms with Crippen LogP contribution in [-0.4, -0.2) is 0 Å². The summed E-state index contributed by atoms with van der Waals surface area (Å²) < 4.78 is 0. The molecule has 0 radical (unpaired) electrons. The quantitative estimate of drug-likeness (QED) is 0.568. The molecule has 0 heterocycles. The van der Waals surface area contributed by atoms with Gasteiger partial charge in [-0.2, -0.15) is 0 Å². The van der Waals surface area contributed by atoms with Crippen LogP contribution in [0, 0.1) is 16.2 Å². The summed E-state index contributed by atoms with van der Waals surface area (Å²) in [5.41, 5.74) is 1.84. The first-order chi connectivity index (χ1) is 6.95. The minimum absolute atomic E-state index is 0.583. The predicted molar refractivity (Wildman–Crippen MR) is 69.0 cm³/mol. The largest absolute Gasteiger partial charge is 0.0654 e. The summed E-state index contributed by atoms with van der Waals surface area (Å²) in [6.07, 6.45) is 8.33. The number of rotatable bonds is 5. The summed E-state index contributed by atoms with van der Waals surface area (Å²) in [7, 11) is 0. The Hall–Kier alpha value is 0. The maximum Gasteiger partial charge on any atom is -0.0218 e. The minimum atomic E-state index is 0.583. The maximum absolute atomic E-state index is 2.55. The van der Waals surface area contributed by atoms with Gasteiger partial charge in [-0.1, -0.05) is 54.4 Å². The average Bonchev–Trinajstić information content (AvgIpc) is 2.26. The first-order valence-electron chi connectivity index (χ1n) is 6.95. The molecule has 0 aromatic carbocycles. The second-order valence-electron chi connectivity index (χ2n) is 6.16. The van der Waals surface area contributed by atoms with Crippen molar-refractivity contribution >= 4 is 0 Å². The van der Waals surface area contributed by atoms with Crippen LogP contribution in [0.2, 0.25) is 0 Å². The van der Waals surface area contributed by atoms with Gasteiger partial charge in [-0.15, -0.1) is 0 Å². The Morgan fingerprint density at radius 2 is 1.47 bits per heavy atom. The molecule has 0 aromatic rings. The molecule has 90 valence electrons. The monoisotopic (exact) mass is 210 g/mol. The molecule has 1 aliphatic carbocycles. The summed E-state index contributed by atoms with van der Waals surface area (Å²) in [5.74, 6) is 0. The molecular weight excluding hydrogens is 180 g/mol. The highest BCUT2D eigenvalue weighted by atomic mass is 14.7. The molecule has 0 aliphatic heterocycles. The molecule has 0 bridgehead atoms. The van der Waals surface area contributed by atoms with Crippen LogP contribution < -0.4 is 0 Å². The standard InChI is InChI=1S/C15H30/c1-7-11-15(10-4)12-13(5,8-2)14(15,6)9-3/h7-12H2,1-6H3/t13-,14-,15-/m1/s1.